The maximum Gasteiger partial charge on any atom is 0.526 e. The molecule has 24 heavy (non-hydrogen) atoms. The van der Waals surface area contributed by atoms with Gasteiger partial charge in [0, 0.05) is 18.2 Å². The zero-order valence-electron chi connectivity index (χ0n) is 14.0. The van der Waals surface area contributed by atoms with Gasteiger partial charge < -0.3 is 14.4 Å². The minimum absolute atomic E-state index is 0.143. The van der Waals surface area contributed by atoms with Crippen LogP contribution in [0.5, 0.6) is 5.75 Å². The van der Waals surface area contributed by atoms with Gasteiger partial charge in [-0.15, -0.1) is 0 Å². The van der Waals surface area contributed by atoms with Gasteiger partial charge in [0.15, 0.2) is 0 Å². The molecule has 1 N–H and O–H groups in total. The third-order valence-corrected chi connectivity index (χ3v) is 4.99. The largest absolute Gasteiger partial charge is 0.535 e. The van der Waals surface area contributed by atoms with Crippen LogP contribution in [0.1, 0.15) is 54.9 Å². The lowest BCUT2D eigenvalue weighted by molar-refractivity contribution is -0.122. The Morgan fingerprint density at radius 3 is 2.79 bits per heavy atom. The summed E-state index contributed by atoms with van der Waals surface area (Å²) in [6, 6.07) is 5.28. The number of ether oxygens (including phenoxy) is 1. The van der Waals surface area contributed by atoms with Crippen LogP contribution in [0.2, 0.25) is 5.82 Å². The molecule has 0 aromatic heterocycles. The summed E-state index contributed by atoms with van der Waals surface area (Å²) >= 11 is 0. The fourth-order valence-corrected chi connectivity index (χ4v) is 3.70. The number of fused-ring (bicyclic) bond motifs is 1. The summed E-state index contributed by atoms with van der Waals surface area (Å²) in [6.45, 7) is 2.03. The number of carbonyl (C=O) groups is 2. The summed E-state index contributed by atoms with van der Waals surface area (Å²) in [5.74, 6) is 0.0349. The highest BCUT2D eigenvalue weighted by Crippen LogP contribution is 2.38. The lowest BCUT2D eigenvalue weighted by Crippen LogP contribution is -2.36. The number of ketones is 1. The number of para-hydroxylation sites is 1. The fraction of sp³-hybridized carbons (Fsp3) is 0.556. The van der Waals surface area contributed by atoms with Gasteiger partial charge in [-0.05, 0) is 37.8 Å². The minimum atomic E-state index is -1.07. The van der Waals surface area contributed by atoms with Gasteiger partial charge >= 0.3 is 13.1 Å². The molecule has 1 fully saturated rings. The minimum Gasteiger partial charge on any atom is -0.535 e. The quantitative estimate of drug-likeness (QED) is 0.664. The van der Waals surface area contributed by atoms with Crippen LogP contribution in [0.15, 0.2) is 18.2 Å². The zero-order chi connectivity index (χ0) is 17.1. The van der Waals surface area contributed by atoms with Gasteiger partial charge in [0.25, 0.3) is 0 Å². The molecule has 6 heteroatoms. The second-order valence-corrected chi connectivity index (χ2v) is 6.64. The van der Waals surface area contributed by atoms with Crippen LogP contribution in [0.25, 0.3) is 0 Å². The number of hydrogen-bond donors (Lipinski definition) is 1. The van der Waals surface area contributed by atoms with Crippen LogP contribution in [0.4, 0.5) is 0 Å². The van der Waals surface area contributed by atoms with Crippen molar-refractivity contribution in [3.8, 4) is 5.75 Å². The van der Waals surface area contributed by atoms with Crippen molar-refractivity contribution >= 4 is 18.9 Å². The molecule has 1 aromatic carbocycles. The van der Waals surface area contributed by atoms with E-state index in [-0.39, 0.29) is 24.1 Å². The van der Waals surface area contributed by atoms with Crippen molar-refractivity contribution < 1.29 is 24.0 Å². The Morgan fingerprint density at radius 2 is 2.08 bits per heavy atom. The summed E-state index contributed by atoms with van der Waals surface area (Å²) in [4.78, 5) is 24.4. The van der Waals surface area contributed by atoms with E-state index < -0.39 is 13.1 Å². The Hall–Kier alpha value is -1.82. The molecular weight excluding hydrogens is 307 g/mol. The molecule has 1 atom stereocenters. The molecule has 5 nitrogen and oxygen atoms in total. The molecule has 0 spiro atoms. The van der Waals surface area contributed by atoms with E-state index >= 15 is 0 Å². The zero-order valence-corrected chi connectivity index (χ0v) is 14.0. The molecule has 0 amide bonds. The molecule has 0 bridgehead atoms. The van der Waals surface area contributed by atoms with E-state index in [1.165, 1.54) is 0 Å². The maximum absolute atomic E-state index is 12.4. The van der Waals surface area contributed by atoms with E-state index in [0.29, 0.717) is 24.2 Å². The van der Waals surface area contributed by atoms with Crippen LogP contribution < -0.4 is 4.65 Å². The number of rotatable bonds is 5. The summed E-state index contributed by atoms with van der Waals surface area (Å²) in [6.07, 6.45) is 5.02. The molecule has 1 heterocycles. The van der Waals surface area contributed by atoms with Crippen LogP contribution >= 0.6 is 0 Å². The first-order valence-corrected chi connectivity index (χ1v) is 8.76. The van der Waals surface area contributed by atoms with Gasteiger partial charge in [-0.2, -0.15) is 0 Å². The van der Waals surface area contributed by atoms with Gasteiger partial charge in [0.1, 0.15) is 17.1 Å². The molecule has 128 valence electrons. The number of Topliss-reactive ketones (excluding diaryl/α,β-unsaturated/α-hetero) is 1. The van der Waals surface area contributed by atoms with E-state index in [9.17, 15) is 14.6 Å². The van der Waals surface area contributed by atoms with Crippen molar-refractivity contribution in [1.82, 2.24) is 0 Å². The van der Waals surface area contributed by atoms with Crippen molar-refractivity contribution in [2.24, 2.45) is 5.92 Å². The van der Waals surface area contributed by atoms with E-state index in [2.05, 4.69) is 0 Å². The third-order valence-electron chi connectivity index (χ3n) is 4.99. The Kier molecular flexibility index (Phi) is 5.24. The smallest absolute Gasteiger partial charge is 0.526 e. The summed E-state index contributed by atoms with van der Waals surface area (Å²) in [7, 11) is -1.07. The third kappa shape index (κ3) is 3.48. The molecule has 0 saturated heterocycles. The lowest BCUT2D eigenvalue weighted by atomic mass is 9.64. The molecule has 0 radical (unpaired) electrons. The van der Waals surface area contributed by atoms with Crippen molar-refractivity contribution in [2.75, 3.05) is 6.61 Å². The van der Waals surface area contributed by atoms with Gasteiger partial charge in [0.05, 0.1) is 6.61 Å². The molecule has 2 aliphatic rings. The molecule has 0 unspecified atom stereocenters. The van der Waals surface area contributed by atoms with E-state index in [1.807, 2.05) is 6.07 Å². The number of carbonyl (C=O) groups excluding carboxylic acids is 2. The average Bonchev–Trinajstić information content (AvgIpc) is 3.10. The second-order valence-electron chi connectivity index (χ2n) is 6.64. The van der Waals surface area contributed by atoms with E-state index in [4.69, 9.17) is 9.39 Å². The Labute approximate surface area is 142 Å². The molecule has 1 aromatic rings. The van der Waals surface area contributed by atoms with Crippen LogP contribution in [-0.2, 0) is 16.0 Å². The first-order valence-electron chi connectivity index (χ1n) is 8.76. The van der Waals surface area contributed by atoms with Gasteiger partial charge in [-0.25, -0.2) is 4.79 Å². The lowest BCUT2D eigenvalue weighted by Gasteiger charge is -2.28. The molecule has 1 saturated carbocycles. The average molecular weight is 330 g/mol. The molecule has 1 aliphatic carbocycles. The van der Waals surface area contributed by atoms with Crippen LogP contribution in [0, 0.1) is 5.92 Å². The maximum atomic E-state index is 12.4. The highest BCUT2D eigenvalue weighted by Gasteiger charge is 2.39. The van der Waals surface area contributed by atoms with Gasteiger partial charge in [0.2, 0.25) is 0 Å². The predicted octanol–water partition coefficient (Wildman–Crippen LogP) is 2.80. The Bertz CT molecular complexity index is 624. The fourth-order valence-electron chi connectivity index (χ4n) is 3.70. The molecule has 1 aliphatic heterocycles. The first-order chi connectivity index (χ1) is 11.6. The number of benzene rings is 1. The normalized spacial score (nSPS) is 20.4. The Morgan fingerprint density at radius 1 is 1.33 bits per heavy atom. The first kappa shape index (κ1) is 17.0. The van der Waals surface area contributed by atoms with E-state index in [0.717, 1.165) is 31.2 Å². The van der Waals surface area contributed by atoms with Gasteiger partial charge in [-0.3, -0.25) is 4.79 Å². The molecular formula is C18H23BO5. The highest BCUT2D eigenvalue weighted by molar-refractivity contribution is 6.47. The summed E-state index contributed by atoms with van der Waals surface area (Å²) < 4.78 is 10.6. The highest BCUT2D eigenvalue weighted by atomic mass is 16.5. The van der Waals surface area contributed by atoms with Crippen molar-refractivity contribution in [3.63, 3.8) is 0 Å². The topological polar surface area (TPSA) is 72.8 Å². The Balaban J connectivity index is 1.74. The van der Waals surface area contributed by atoms with Gasteiger partial charge in [-0.1, -0.05) is 25.0 Å². The SMILES string of the molecule is CCOC(=O)c1cccc2c1OB(O)[C@@H](CC(=O)C1CCCC1)C2. The number of hydrogen-bond acceptors (Lipinski definition) is 5. The van der Waals surface area contributed by atoms with Crippen molar-refractivity contribution in [3.05, 3.63) is 29.3 Å². The standard InChI is InChI=1S/C18H23BO5/c1-2-23-18(21)15-9-5-8-13-10-14(19(22)24-17(13)15)11-16(20)12-6-3-4-7-12/h5,8-9,12,14,22H,2-4,6-7,10-11H2,1H3/t14-/m1/s1. The van der Waals surface area contributed by atoms with Crippen molar-refractivity contribution in [1.29, 1.82) is 0 Å². The van der Waals surface area contributed by atoms with Crippen LogP contribution in [-0.4, -0.2) is 30.5 Å². The monoisotopic (exact) mass is 330 g/mol. The molecule has 3 rings (SSSR count). The summed E-state index contributed by atoms with van der Waals surface area (Å²) in [5, 5.41) is 10.3. The van der Waals surface area contributed by atoms with E-state index in [1.54, 1.807) is 19.1 Å². The van der Waals surface area contributed by atoms with Crippen molar-refractivity contribution in [2.45, 2.75) is 51.3 Å². The van der Waals surface area contributed by atoms with Crippen LogP contribution in [0.3, 0.4) is 0 Å². The summed E-state index contributed by atoms with van der Waals surface area (Å²) in [5.41, 5.74) is 1.17. The predicted molar refractivity (Wildman–Crippen MR) is 90.0 cm³/mol. The second kappa shape index (κ2) is 7.39. The number of esters is 1.